The van der Waals surface area contributed by atoms with Crippen molar-refractivity contribution in [3.8, 4) is 0 Å². The first-order valence-electron chi connectivity index (χ1n) is 8.02. The van der Waals surface area contributed by atoms with Crippen LogP contribution in [-0.2, 0) is 11.2 Å². The van der Waals surface area contributed by atoms with E-state index in [0.717, 1.165) is 35.5 Å². The average molecular weight is 322 g/mol. The van der Waals surface area contributed by atoms with Crippen molar-refractivity contribution in [2.45, 2.75) is 6.42 Å². The number of piperazine rings is 1. The van der Waals surface area contributed by atoms with E-state index >= 15 is 0 Å². The number of amides is 1. The normalized spacial score (nSPS) is 15.0. The first-order chi connectivity index (χ1) is 11.8. The van der Waals surface area contributed by atoms with Gasteiger partial charge in [-0.1, -0.05) is 30.3 Å². The van der Waals surface area contributed by atoms with E-state index in [2.05, 4.69) is 25.1 Å². The summed E-state index contributed by atoms with van der Waals surface area (Å²) in [5, 5.41) is 7.81. The number of aromatic amines is 1. The average Bonchev–Trinajstić information content (AvgIpc) is 3.11. The van der Waals surface area contributed by atoms with Gasteiger partial charge in [-0.05, 0) is 5.56 Å². The summed E-state index contributed by atoms with van der Waals surface area (Å²) in [6, 6.07) is 9.87. The van der Waals surface area contributed by atoms with Crippen molar-refractivity contribution < 1.29 is 4.79 Å². The van der Waals surface area contributed by atoms with Gasteiger partial charge < -0.3 is 9.80 Å². The van der Waals surface area contributed by atoms with Crippen LogP contribution in [0.5, 0.6) is 0 Å². The second-order valence-corrected chi connectivity index (χ2v) is 5.86. The molecule has 2 aromatic heterocycles. The monoisotopic (exact) mass is 322 g/mol. The van der Waals surface area contributed by atoms with Crippen molar-refractivity contribution >= 4 is 22.8 Å². The summed E-state index contributed by atoms with van der Waals surface area (Å²) >= 11 is 0. The molecule has 4 rings (SSSR count). The second kappa shape index (κ2) is 6.27. The van der Waals surface area contributed by atoms with Gasteiger partial charge in [0.2, 0.25) is 5.91 Å². The molecule has 0 aliphatic carbocycles. The smallest absolute Gasteiger partial charge is 0.227 e. The molecule has 7 heteroatoms. The highest BCUT2D eigenvalue weighted by atomic mass is 16.2. The quantitative estimate of drug-likeness (QED) is 0.785. The standard InChI is InChI=1S/C17H18N6O/c24-15(10-13-4-2-1-3-5-13)22-6-8-23(9-7-22)17-14-11-20-21-16(14)18-12-19-17/h1-5,11-12H,6-10H2,(H,18,19,20,21). The Morgan fingerprint density at radius 1 is 1.08 bits per heavy atom. The molecule has 0 radical (unpaired) electrons. The van der Waals surface area contributed by atoms with Crippen LogP contribution in [0.1, 0.15) is 5.56 Å². The number of benzene rings is 1. The van der Waals surface area contributed by atoms with Crippen molar-refractivity contribution in [3.63, 3.8) is 0 Å². The summed E-state index contributed by atoms with van der Waals surface area (Å²) in [5.41, 5.74) is 1.79. The number of H-pyrrole nitrogens is 1. The highest BCUT2D eigenvalue weighted by Gasteiger charge is 2.23. The Hall–Kier alpha value is -2.96. The maximum atomic E-state index is 12.4. The Morgan fingerprint density at radius 2 is 1.88 bits per heavy atom. The predicted molar refractivity (Wildman–Crippen MR) is 90.6 cm³/mol. The summed E-state index contributed by atoms with van der Waals surface area (Å²) in [5.74, 6) is 1.06. The van der Waals surface area contributed by atoms with Crippen LogP contribution in [0.25, 0.3) is 11.0 Å². The summed E-state index contributed by atoms with van der Waals surface area (Å²) in [4.78, 5) is 25.1. The molecule has 1 aliphatic heterocycles. The van der Waals surface area contributed by atoms with E-state index < -0.39 is 0 Å². The number of nitrogens with one attached hydrogen (secondary N) is 1. The van der Waals surface area contributed by atoms with Crippen LogP contribution in [0.15, 0.2) is 42.9 Å². The van der Waals surface area contributed by atoms with E-state index in [9.17, 15) is 4.79 Å². The molecular weight excluding hydrogens is 304 g/mol. The molecule has 0 bridgehead atoms. The van der Waals surface area contributed by atoms with E-state index in [0.29, 0.717) is 19.5 Å². The fraction of sp³-hybridized carbons (Fsp3) is 0.294. The molecule has 1 N–H and O–H groups in total. The first-order valence-corrected chi connectivity index (χ1v) is 8.02. The number of hydrogen-bond donors (Lipinski definition) is 1. The third-order valence-corrected chi connectivity index (χ3v) is 4.36. The van der Waals surface area contributed by atoms with Crippen molar-refractivity contribution in [1.29, 1.82) is 0 Å². The molecule has 0 saturated carbocycles. The SMILES string of the molecule is O=C(Cc1ccccc1)N1CCN(c2ncnc3[nH]ncc23)CC1. The zero-order valence-corrected chi connectivity index (χ0v) is 13.2. The van der Waals surface area contributed by atoms with E-state index in [-0.39, 0.29) is 5.91 Å². The van der Waals surface area contributed by atoms with Crippen LogP contribution < -0.4 is 4.90 Å². The molecule has 0 atom stereocenters. The maximum absolute atomic E-state index is 12.4. The molecule has 24 heavy (non-hydrogen) atoms. The molecule has 0 spiro atoms. The molecule has 1 aliphatic rings. The highest BCUT2D eigenvalue weighted by molar-refractivity contribution is 5.86. The van der Waals surface area contributed by atoms with E-state index in [1.165, 1.54) is 0 Å². The van der Waals surface area contributed by atoms with Crippen LogP contribution in [0.3, 0.4) is 0 Å². The lowest BCUT2D eigenvalue weighted by atomic mass is 10.1. The van der Waals surface area contributed by atoms with Gasteiger partial charge in [-0.25, -0.2) is 9.97 Å². The third-order valence-electron chi connectivity index (χ3n) is 4.36. The minimum Gasteiger partial charge on any atom is -0.352 e. The van der Waals surface area contributed by atoms with Crippen LogP contribution in [-0.4, -0.2) is 57.2 Å². The number of carbonyl (C=O) groups excluding carboxylic acids is 1. The van der Waals surface area contributed by atoms with Gasteiger partial charge in [0.05, 0.1) is 18.0 Å². The summed E-state index contributed by atoms with van der Waals surface area (Å²) in [6.45, 7) is 2.93. The summed E-state index contributed by atoms with van der Waals surface area (Å²) < 4.78 is 0. The topological polar surface area (TPSA) is 78.0 Å². The van der Waals surface area contributed by atoms with Crippen LogP contribution in [0, 0.1) is 0 Å². The fourth-order valence-electron chi connectivity index (χ4n) is 3.05. The third kappa shape index (κ3) is 2.80. The Morgan fingerprint density at radius 3 is 2.67 bits per heavy atom. The lowest BCUT2D eigenvalue weighted by molar-refractivity contribution is -0.130. The van der Waals surface area contributed by atoms with Gasteiger partial charge in [0.15, 0.2) is 5.65 Å². The maximum Gasteiger partial charge on any atom is 0.227 e. The number of rotatable bonds is 3. The predicted octanol–water partition coefficient (Wildman–Crippen LogP) is 1.24. The molecule has 1 amide bonds. The highest BCUT2D eigenvalue weighted by Crippen LogP contribution is 2.22. The number of nitrogens with zero attached hydrogens (tertiary/aromatic N) is 5. The largest absolute Gasteiger partial charge is 0.352 e. The van der Waals surface area contributed by atoms with E-state index in [1.807, 2.05) is 35.2 Å². The summed E-state index contributed by atoms with van der Waals surface area (Å²) in [7, 11) is 0. The van der Waals surface area contributed by atoms with Gasteiger partial charge in [-0.15, -0.1) is 0 Å². The fourth-order valence-corrected chi connectivity index (χ4v) is 3.05. The Bertz CT molecular complexity index is 838. The number of carbonyl (C=O) groups is 1. The van der Waals surface area contributed by atoms with Crippen molar-refractivity contribution in [2.75, 3.05) is 31.1 Å². The number of fused-ring (bicyclic) bond motifs is 1. The first kappa shape index (κ1) is 14.6. The van der Waals surface area contributed by atoms with Gasteiger partial charge in [-0.2, -0.15) is 5.10 Å². The van der Waals surface area contributed by atoms with Crippen molar-refractivity contribution in [2.24, 2.45) is 0 Å². The van der Waals surface area contributed by atoms with Gasteiger partial charge in [0, 0.05) is 26.2 Å². The zero-order valence-electron chi connectivity index (χ0n) is 13.2. The number of aromatic nitrogens is 4. The second-order valence-electron chi connectivity index (χ2n) is 5.86. The Labute approximate surface area is 139 Å². The minimum absolute atomic E-state index is 0.178. The van der Waals surface area contributed by atoms with Crippen molar-refractivity contribution in [1.82, 2.24) is 25.1 Å². The Kier molecular flexibility index (Phi) is 3.82. The van der Waals surface area contributed by atoms with Crippen molar-refractivity contribution in [3.05, 3.63) is 48.4 Å². The van der Waals surface area contributed by atoms with E-state index in [1.54, 1.807) is 12.5 Å². The van der Waals surface area contributed by atoms with Crippen LogP contribution in [0.4, 0.5) is 5.82 Å². The van der Waals surface area contributed by atoms with E-state index in [4.69, 9.17) is 0 Å². The Balaban J connectivity index is 1.41. The van der Waals surface area contributed by atoms with Gasteiger partial charge in [0.1, 0.15) is 12.1 Å². The minimum atomic E-state index is 0.178. The zero-order chi connectivity index (χ0) is 16.4. The molecule has 122 valence electrons. The molecule has 3 aromatic rings. The summed E-state index contributed by atoms with van der Waals surface area (Å²) in [6.07, 6.45) is 3.75. The molecular formula is C17H18N6O. The molecule has 0 unspecified atom stereocenters. The lowest BCUT2D eigenvalue weighted by Gasteiger charge is -2.35. The van der Waals surface area contributed by atoms with Gasteiger partial charge in [-0.3, -0.25) is 9.89 Å². The molecule has 3 heterocycles. The number of anilines is 1. The van der Waals surface area contributed by atoms with Gasteiger partial charge >= 0.3 is 0 Å². The lowest BCUT2D eigenvalue weighted by Crippen LogP contribution is -2.49. The molecule has 1 aromatic carbocycles. The molecule has 7 nitrogen and oxygen atoms in total. The van der Waals surface area contributed by atoms with Crippen LogP contribution >= 0.6 is 0 Å². The molecule has 1 saturated heterocycles. The molecule has 1 fully saturated rings. The number of hydrogen-bond acceptors (Lipinski definition) is 5. The van der Waals surface area contributed by atoms with Crippen LogP contribution in [0.2, 0.25) is 0 Å². The van der Waals surface area contributed by atoms with Gasteiger partial charge in [0.25, 0.3) is 0 Å².